The first-order valence-electron chi connectivity index (χ1n) is 18.3. The number of aryl methyl sites for hydroxylation is 1. The quantitative estimate of drug-likeness (QED) is 0.0811. The van der Waals surface area contributed by atoms with Crippen LogP contribution in [0.4, 0.5) is 16.2 Å². The van der Waals surface area contributed by atoms with Crippen LogP contribution in [0.5, 0.6) is 5.75 Å². The lowest BCUT2D eigenvalue weighted by Crippen LogP contribution is -2.54. The number of piperidine rings is 3. The maximum Gasteiger partial charge on any atom is 0.412 e. The summed E-state index contributed by atoms with van der Waals surface area (Å²) in [5.41, 5.74) is 5.49. The number of carbonyl (C=O) groups is 2. The molecule has 3 fully saturated rings. The van der Waals surface area contributed by atoms with Crippen LogP contribution in [0, 0.1) is 0 Å². The van der Waals surface area contributed by atoms with Gasteiger partial charge in [0.25, 0.3) is 0 Å². The molecule has 0 aliphatic carbocycles. The summed E-state index contributed by atoms with van der Waals surface area (Å²) in [6.45, 7) is 3.65. The Hall–Kier alpha value is -5.49. The minimum Gasteiger partial charge on any atom is -0.506 e. The zero-order valence-corrected chi connectivity index (χ0v) is 29.6. The Bertz CT molecular complexity index is 2110. The van der Waals surface area contributed by atoms with Crippen molar-refractivity contribution >= 4 is 34.3 Å². The molecule has 3 aliphatic rings. The standard InChI is InChI=1S/C42H45N5O6/c48-36-17-15-33(34-16-18-39(51)46-40(34)36)37(49)27-43-26-29-9-12-31(13-10-29)44-38(50)8-4-5-28-11-14-32(30-6-2-1-3-7-30)35(25-28)45-41(52)53-42-19-22-47(23-20-42)24-21-42/h1-3,6-7,9-18,25,37,43,48-49H,4-5,8,19-24,26-27H2,(H,44,50)(H,45,52)(H,46,51)/t37-/m0/s1. The number of H-pyrrole nitrogens is 1. The van der Waals surface area contributed by atoms with E-state index in [1.165, 1.54) is 12.1 Å². The fourth-order valence-electron chi connectivity index (χ4n) is 7.40. The number of phenols is 1. The van der Waals surface area contributed by atoms with Crippen molar-refractivity contribution in [3.63, 3.8) is 0 Å². The largest absolute Gasteiger partial charge is 0.506 e. The molecule has 8 rings (SSSR count). The number of aromatic amines is 1. The van der Waals surface area contributed by atoms with Gasteiger partial charge in [-0.25, -0.2) is 4.79 Å². The Labute approximate surface area is 308 Å². The second-order valence-electron chi connectivity index (χ2n) is 14.1. The molecule has 4 aromatic carbocycles. The monoisotopic (exact) mass is 715 g/mol. The third-order valence-electron chi connectivity index (χ3n) is 10.4. The molecule has 0 saturated carbocycles. The predicted molar refractivity (Wildman–Crippen MR) is 206 cm³/mol. The van der Waals surface area contributed by atoms with Gasteiger partial charge < -0.3 is 35.5 Å². The molecule has 53 heavy (non-hydrogen) atoms. The number of hydrogen-bond acceptors (Lipinski definition) is 8. The van der Waals surface area contributed by atoms with E-state index in [0.29, 0.717) is 53.6 Å². The van der Waals surface area contributed by atoms with Gasteiger partial charge in [-0.1, -0.05) is 60.7 Å². The lowest BCUT2D eigenvalue weighted by atomic mass is 9.83. The Balaban J connectivity index is 0.892. The van der Waals surface area contributed by atoms with E-state index in [9.17, 15) is 24.6 Å². The lowest BCUT2D eigenvalue weighted by Gasteiger charge is -2.47. The van der Waals surface area contributed by atoms with E-state index in [1.54, 1.807) is 12.1 Å². The smallest absolute Gasteiger partial charge is 0.412 e. The number of aliphatic hydroxyl groups is 1. The Morgan fingerprint density at radius 1 is 0.868 bits per heavy atom. The van der Waals surface area contributed by atoms with Gasteiger partial charge in [0.2, 0.25) is 11.5 Å². The van der Waals surface area contributed by atoms with Gasteiger partial charge in [-0.05, 0) is 65.4 Å². The van der Waals surface area contributed by atoms with Gasteiger partial charge >= 0.3 is 6.09 Å². The van der Waals surface area contributed by atoms with Crippen molar-refractivity contribution in [1.82, 2.24) is 15.2 Å². The lowest BCUT2D eigenvalue weighted by molar-refractivity contribution is -0.116. The molecule has 1 aromatic heterocycles. The number of nitrogens with zero attached hydrogens (tertiary/aromatic N) is 1. The van der Waals surface area contributed by atoms with Crippen molar-refractivity contribution in [3.8, 4) is 16.9 Å². The van der Waals surface area contributed by atoms with Crippen LogP contribution in [0.1, 0.15) is 54.9 Å². The molecule has 4 heterocycles. The number of fused-ring (bicyclic) bond motifs is 4. The second-order valence-corrected chi connectivity index (χ2v) is 14.1. The fraction of sp³-hybridized carbons (Fsp3) is 0.310. The Morgan fingerprint density at radius 2 is 1.60 bits per heavy atom. The van der Waals surface area contributed by atoms with E-state index in [-0.39, 0.29) is 29.4 Å². The van der Waals surface area contributed by atoms with Crippen LogP contribution in [0.25, 0.3) is 22.0 Å². The van der Waals surface area contributed by atoms with Crippen LogP contribution in [0.15, 0.2) is 102 Å². The predicted octanol–water partition coefficient (Wildman–Crippen LogP) is 6.47. The van der Waals surface area contributed by atoms with Crippen molar-refractivity contribution < 1.29 is 24.5 Å². The number of ether oxygens (including phenoxy) is 1. The van der Waals surface area contributed by atoms with E-state index in [1.807, 2.05) is 72.8 Å². The highest BCUT2D eigenvalue weighted by atomic mass is 16.6. The average Bonchev–Trinajstić information content (AvgIpc) is 3.17. The number of carbonyl (C=O) groups excluding carboxylic acids is 2. The van der Waals surface area contributed by atoms with E-state index in [4.69, 9.17) is 4.74 Å². The summed E-state index contributed by atoms with van der Waals surface area (Å²) < 4.78 is 6.08. The average molecular weight is 716 g/mol. The van der Waals surface area contributed by atoms with Gasteiger partial charge in [-0.2, -0.15) is 0 Å². The van der Waals surface area contributed by atoms with E-state index < -0.39 is 12.2 Å². The molecule has 0 radical (unpaired) electrons. The summed E-state index contributed by atoms with van der Waals surface area (Å²) in [6, 6.07) is 29.6. The number of phenolic OH excluding ortho intramolecular Hbond substituents is 1. The summed E-state index contributed by atoms with van der Waals surface area (Å²) in [6.07, 6.45) is 2.97. The maximum atomic E-state index is 13.2. The SMILES string of the molecule is O=C(CCCc1ccc(-c2ccccc2)c(NC(=O)OC23CCN(CC2)CC3)c1)Nc1ccc(CNC[C@H](O)c2ccc(O)c3[nH]c(=O)ccc23)cc1. The normalized spacial score (nSPS) is 18.4. The van der Waals surface area contributed by atoms with Gasteiger partial charge in [0.05, 0.1) is 17.3 Å². The molecule has 1 atom stereocenters. The van der Waals surface area contributed by atoms with Crippen LogP contribution in [0.3, 0.4) is 0 Å². The summed E-state index contributed by atoms with van der Waals surface area (Å²) in [4.78, 5) is 42.8. The minimum absolute atomic E-state index is 0.0520. The molecule has 11 nitrogen and oxygen atoms in total. The minimum atomic E-state index is -0.858. The molecule has 2 amide bonds. The highest BCUT2D eigenvalue weighted by Gasteiger charge is 2.42. The molecular formula is C42H45N5O6. The number of amides is 2. The first-order valence-corrected chi connectivity index (χ1v) is 18.3. The van der Waals surface area contributed by atoms with E-state index >= 15 is 0 Å². The zero-order valence-electron chi connectivity index (χ0n) is 29.6. The molecular weight excluding hydrogens is 670 g/mol. The van der Waals surface area contributed by atoms with Gasteiger partial charge in [-0.3, -0.25) is 14.9 Å². The highest BCUT2D eigenvalue weighted by Crippen LogP contribution is 2.36. The summed E-state index contributed by atoms with van der Waals surface area (Å²) >= 11 is 0. The molecule has 6 N–H and O–H groups in total. The van der Waals surface area contributed by atoms with Crippen molar-refractivity contribution in [2.75, 3.05) is 36.8 Å². The number of aromatic hydroxyl groups is 1. The van der Waals surface area contributed by atoms with Crippen LogP contribution in [0.2, 0.25) is 0 Å². The zero-order chi connectivity index (χ0) is 36.8. The molecule has 3 aliphatic heterocycles. The first-order chi connectivity index (χ1) is 25.7. The molecule has 274 valence electrons. The number of pyridine rings is 1. The number of hydrogen-bond donors (Lipinski definition) is 6. The summed E-state index contributed by atoms with van der Waals surface area (Å²) in [5, 5.41) is 30.8. The molecule has 0 spiro atoms. The van der Waals surface area contributed by atoms with Gasteiger partial charge in [0, 0.05) is 81.1 Å². The van der Waals surface area contributed by atoms with Crippen LogP contribution in [-0.2, 0) is 22.5 Å². The van der Waals surface area contributed by atoms with Crippen molar-refractivity contribution in [1.29, 1.82) is 0 Å². The number of rotatable bonds is 13. The Morgan fingerprint density at radius 3 is 2.36 bits per heavy atom. The van der Waals surface area contributed by atoms with E-state index in [0.717, 1.165) is 61.2 Å². The topological polar surface area (TPSA) is 156 Å². The third-order valence-corrected chi connectivity index (χ3v) is 10.4. The van der Waals surface area contributed by atoms with Crippen LogP contribution < -0.4 is 21.5 Å². The second kappa shape index (κ2) is 16.0. The third kappa shape index (κ3) is 8.77. The fourth-order valence-corrected chi connectivity index (χ4v) is 7.40. The molecule has 2 bridgehead atoms. The number of anilines is 2. The van der Waals surface area contributed by atoms with Gasteiger partial charge in [0.1, 0.15) is 11.4 Å². The number of aromatic nitrogens is 1. The number of nitrogens with one attached hydrogen (secondary N) is 4. The van der Waals surface area contributed by atoms with Crippen molar-refractivity contribution in [3.05, 3.63) is 124 Å². The molecule has 5 aromatic rings. The molecule has 3 saturated heterocycles. The maximum absolute atomic E-state index is 13.2. The molecule has 0 unspecified atom stereocenters. The van der Waals surface area contributed by atoms with E-state index in [2.05, 4.69) is 25.8 Å². The first kappa shape index (κ1) is 35.9. The number of aliphatic hydroxyl groups excluding tert-OH is 1. The van der Waals surface area contributed by atoms with Crippen molar-refractivity contribution in [2.24, 2.45) is 0 Å². The number of benzene rings is 4. The Kier molecular flexibility index (Phi) is 10.9. The van der Waals surface area contributed by atoms with Gasteiger partial charge in [0.15, 0.2) is 0 Å². The van der Waals surface area contributed by atoms with Crippen LogP contribution >= 0.6 is 0 Å². The van der Waals surface area contributed by atoms with Crippen LogP contribution in [-0.4, -0.2) is 63.9 Å². The summed E-state index contributed by atoms with van der Waals surface area (Å²) in [5.74, 6) is -0.133. The highest BCUT2D eigenvalue weighted by molar-refractivity contribution is 5.92. The van der Waals surface area contributed by atoms with Gasteiger partial charge in [-0.15, -0.1) is 0 Å². The summed E-state index contributed by atoms with van der Waals surface area (Å²) in [7, 11) is 0. The molecule has 11 heteroatoms. The van der Waals surface area contributed by atoms with Crippen molar-refractivity contribution in [2.45, 2.75) is 56.8 Å².